The van der Waals surface area contributed by atoms with Crippen LogP contribution in [0.25, 0.3) is 0 Å². The molecule has 1 atom stereocenters. The maximum absolute atomic E-state index is 6.04. The molecule has 2 N–H and O–H groups in total. The number of likely N-dealkylation sites (N-methyl/N-ethyl adjacent to an activating group) is 1. The van der Waals surface area contributed by atoms with Crippen LogP contribution in [0.3, 0.4) is 0 Å². The molecule has 24 heavy (non-hydrogen) atoms. The van der Waals surface area contributed by atoms with E-state index in [1.165, 1.54) is 29.5 Å². The lowest BCUT2D eigenvalue weighted by Gasteiger charge is -2.27. The zero-order valence-corrected chi connectivity index (χ0v) is 15.4. The molecule has 0 bridgehead atoms. The molecule has 0 heterocycles. The first-order valence-corrected chi connectivity index (χ1v) is 8.81. The minimum absolute atomic E-state index is 0.256. The van der Waals surface area contributed by atoms with Crippen molar-refractivity contribution in [3.63, 3.8) is 0 Å². The van der Waals surface area contributed by atoms with Crippen LogP contribution in [0.2, 0.25) is 0 Å². The van der Waals surface area contributed by atoms with Gasteiger partial charge in [-0.3, -0.25) is 4.90 Å². The summed E-state index contributed by atoms with van der Waals surface area (Å²) in [6.45, 7) is 8.09. The van der Waals surface area contributed by atoms with E-state index in [4.69, 9.17) is 10.5 Å². The average Bonchev–Trinajstić information content (AvgIpc) is 2.59. The SMILES string of the molecule is CCCCN(C)C(CN)c1ccc(Oc2cccc(C)c2C)cc1. The van der Waals surface area contributed by atoms with Gasteiger partial charge in [0.25, 0.3) is 0 Å². The van der Waals surface area contributed by atoms with E-state index in [0.29, 0.717) is 6.54 Å². The maximum atomic E-state index is 6.04. The van der Waals surface area contributed by atoms with Crippen molar-refractivity contribution in [3.8, 4) is 11.5 Å². The van der Waals surface area contributed by atoms with Gasteiger partial charge in [0.05, 0.1) is 0 Å². The van der Waals surface area contributed by atoms with Gasteiger partial charge >= 0.3 is 0 Å². The summed E-state index contributed by atoms with van der Waals surface area (Å²) in [5, 5.41) is 0. The van der Waals surface area contributed by atoms with Crippen LogP contribution in [-0.4, -0.2) is 25.0 Å². The van der Waals surface area contributed by atoms with Gasteiger partial charge < -0.3 is 10.5 Å². The predicted octanol–water partition coefficient (Wildman–Crippen LogP) is 4.83. The Balaban J connectivity index is 2.10. The Hall–Kier alpha value is -1.84. The van der Waals surface area contributed by atoms with Crippen LogP contribution in [0.1, 0.15) is 42.5 Å². The number of benzene rings is 2. The Morgan fingerprint density at radius 2 is 1.79 bits per heavy atom. The fourth-order valence-corrected chi connectivity index (χ4v) is 2.85. The molecule has 2 aromatic carbocycles. The molecule has 2 rings (SSSR count). The maximum Gasteiger partial charge on any atom is 0.130 e. The number of hydrogen-bond acceptors (Lipinski definition) is 3. The number of rotatable bonds is 8. The van der Waals surface area contributed by atoms with Crippen molar-refractivity contribution in [1.29, 1.82) is 0 Å². The molecule has 0 aliphatic rings. The molecule has 0 spiro atoms. The van der Waals surface area contributed by atoms with E-state index in [-0.39, 0.29) is 6.04 Å². The first-order chi connectivity index (χ1) is 11.6. The lowest BCUT2D eigenvalue weighted by Crippen LogP contribution is -2.31. The van der Waals surface area contributed by atoms with Crippen LogP contribution in [0.5, 0.6) is 11.5 Å². The van der Waals surface area contributed by atoms with Crippen LogP contribution >= 0.6 is 0 Å². The molecule has 0 fully saturated rings. The van der Waals surface area contributed by atoms with Gasteiger partial charge in [0.1, 0.15) is 11.5 Å². The molecule has 0 aliphatic carbocycles. The van der Waals surface area contributed by atoms with E-state index in [1.807, 2.05) is 24.3 Å². The van der Waals surface area contributed by atoms with Crippen LogP contribution in [0, 0.1) is 13.8 Å². The zero-order valence-electron chi connectivity index (χ0n) is 15.4. The summed E-state index contributed by atoms with van der Waals surface area (Å²) in [7, 11) is 2.15. The van der Waals surface area contributed by atoms with Gasteiger partial charge in [0.15, 0.2) is 0 Å². The summed E-state index contributed by atoms with van der Waals surface area (Å²) in [5.41, 5.74) is 9.66. The lowest BCUT2D eigenvalue weighted by molar-refractivity contribution is 0.246. The van der Waals surface area contributed by atoms with Gasteiger partial charge in [0, 0.05) is 12.6 Å². The molecule has 0 aromatic heterocycles. The number of ether oxygens (including phenoxy) is 1. The lowest BCUT2D eigenvalue weighted by atomic mass is 10.1. The normalized spacial score (nSPS) is 12.4. The summed E-state index contributed by atoms with van der Waals surface area (Å²) in [6, 6.07) is 14.7. The summed E-state index contributed by atoms with van der Waals surface area (Å²) in [5.74, 6) is 1.78. The molecule has 2 aromatic rings. The Kier molecular flexibility index (Phi) is 6.83. The van der Waals surface area contributed by atoms with Crippen LogP contribution in [-0.2, 0) is 0 Å². The second kappa shape index (κ2) is 8.86. The number of aryl methyl sites for hydroxylation is 1. The van der Waals surface area contributed by atoms with E-state index in [0.717, 1.165) is 18.0 Å². The molecule has 130 valence electrons. The highest BCUT2D eigenvalue weighted by atomic mass is 16.5. The first-order valence-electron chi connectivity index (χ1n) is 8.81. The summed E-state index contributed by atoms with van der Waals surface area (Å²) >= 11 is 0. The molecule has 0 saturated heterocycles. The van der Waals surface area contributed by atoms with E-state index < -0.39 is 0 Å². The number of nitrogens with zero attached hydrogens (tertiary/aromatic N) is 1. The number of unbranched alkanes of at least 4 members (excludes halogenated alkanes) is 1. The second-order valence-electron chi connectivity index (χ2n) is 6.45. The topological polar surface area (TPSA) is 38.5 Å². The second-order valence-corrected chi connectivity index (χ2v) is 6.45. The summed E-state index contributed by atoms with van der Waals surface area (Å²) in [4.78, 5) is 2.34. The Morgan fingerprint density at radius 1 is 1.08 bits per heavy atom. The highest BCUT2D eigenvalue weighted by Crippen LogP contribution is 2.28. The minimum atomic E-state index is 0.256. The Bertz CT molecular complexity index is 637. The van der Waals surface area contributed by atoms with Crippen molar-refractivity contribution < 1.29 is 4.74 Å². The molecule has 0 amide bonds. The first kappa shape index (κ1) is 18.5. The van der Waals surface area contributed by atoms with Crippen LogP contribution in [0.4, 0.5) is 0 Å². The molecular weight excluding hydrogens is 296 g/mol. The van der Waals surface area contributed by atoms with Crippen LogP contribution < -0.4 is 10.5 Å². The minimum Gasteiger partial charge on any atom is -0.457 e. The van der Waals surface area contributed by atoms with Gasteiger partial charge in [0.2, 0.25) is 0 Å². The molecular formula is C21H30N2O. The summed E-state index contributed by atoms with van der Waals surface area (Å²) in [6.07, 6.45) is 2.39. The third-order valence-electron chi connectivity index (χ3n) is 4.67. The van der Waals surface area contributed by atoms with Crippen molar-refractivity contribution in [2.75, 3.05) is 20.1 Å². The number of nitrogens with two attached hydrogens (primary N) is 1. The van der Waals surface area contributed by atoms with E-state index in [9.17, 15) is 0 Å². The standard InChI is InChI=1S/C21H30N2O/c1-5-6-14-23(4)20(15-22)18-10-12-19(13-11-18)24-21-9-7-8-16(2)17(21)3/h7-13,20H,5-6,14-15,22H2,1-4H3. The smallest absolute Gasteiger partial charge is 0.130 e. The highest BCUT2D eigenvalue weighted by molar-refractivity contribution is 5.42. The van der Waals surface area contributed by atoms with E-state index in [2.05, 4.69) is 50.9 Å². The van der Waals surface area contributed by atoms with E-state index in [1.54, 1.807) is 0 Å². The molecule has 3 heteroatoms. The van der Waals surface area contributed by atoms with Crippen LogP contribution in [0.15, 0.2) is 42.5 Å². The third kappa shape index (κ3) is 4.59. The highest BCUT2D eigenvalue weighted by Gasteiger charge is 2.15. The van der Waals surface area contributed by atoms with Crippen molar-refractivity contribution >= 4 is 0 Å². The zero-order chi connectivity index (χ0) is 17.5. The quantitative estimate of drug-likeness (QED) is 0.755. The van der Waals surface area contributed by atoms with Gasteiger partial charge in [-0.15, -0.1) is 0 Å². The van der Waals surface area contributed by atoms with Crippen molar-refractivity contribution in [2.24, 2.45) is 5.73 Å². The summed E-state index contributed by atoms with van der Waals surface area (Å²) < 4.78 is 6.04. The van der Waals surface area contributed by atoms with Gasteiger partial charge in [-0.2, -0.15) is 0 Å². The fraction of sp³-hybridized carbons (Fsp3) is 0.429. The van der Waals surface area contributed by atoms with E-state index >= 15 is 0 Å². The predicted molar refractivity (Wildman–Crippen MR) is 102 cm³/mol. The largest absolute Gasteiger partial charge is 0.457 e. The Morgan fingerprint density at radius 3 is 2.42 bits per heavy atom. The molecule has 1 unspecified atom stereocenters. The molecule has 3 nitrogen and oxygen atoms in total. The molecule has 0 aliphatic heterocycles. The van der Waals surface area contributed by atoms with Gasteiger partial charge in [-0.1, -0.05) is 37.6 Å². The Labute approximate surface area is 146 Å². The molecule has 0 radical (unpaired) electrons. The molecule has 0 saturated carbocycles. The third-order valence-corrected chi connectivity index (χ3v) is 4.67. The van der Waals surface area contributed by atoms with Crippen molar-refractivity contribution in [3.05, 3.63) is 59.2 Å². The van der Waals surface area contributed by atoms with Gasteiger partial charge in [-0.25, -0.2) is 0 Å². The monoisotopic (exact) mass is 326 g/mol. The van der Waals surface area contributed by atoms with Crippen molar-refractivity contribution in [1.82, 2.24) is 4.90 Å². The fourth-order valence-electron chi connectivity index (χ4n) is 2.85. The number of hydrogen-bond donors (Lipinski definition) is 1. The van der Waals surface area contributed by atoms with Crippen molar-refractivity contribution in [2.45, 2.75) is 39.7 Å². The van der Waals surface area contributed by atoms with Gasteiger partial charge in [-0.05, 0) is 68.8 Å². The average molecular weight is 326 g/mol.